The lowest BCUT2D eigenvalue weighted by Gasteiger charge is -2.39. The third-order valence-electron chi connectivity index (χ3n) is 5.11. The minimum atomic E-state index is -1.25. The molecule has 1 N–H and O–H groups in total. The smallest absolute Gasteiger partial charge is 0.138 e. The summed E-state index contributed by atoms with van der Waals surface area (Å²) in [6, 6.07) is 30.7. The summed E-state index contributed by atoms with van der Waals surface area (Å²) in [6.07, 6.45) is 6.44. The van der Waals surface area contributed by atoms with Gasteiger partial charge in [0.05, 0.1) is 6.04 Å². The Morgan fingerprint density at radius 1 is 0.786 bits per heavy atom. The van der Waals surface area contributed by atoms with Crippen molar-refractivity contribution in [2.75, 3.05) is 0 Å². The van der Waals surface area contributed by atoms with Gasteiger partial charge in [0, 0.05) is 13.1 Å². The molecule has 2 nitrogen and oxygen atoms in total. The van der Waals surface area contributed by atoms with Crippen molar-refractivity contribution in [3.8, 4) is 12.3 Å². The molecule has 3 rings (SSSR count). The molecule has 0 spiro atoms. The molecule has 0 aromatic heterocycles. The third kappa shape index (κ3) is 5.33. The second-order valence-electron chi connectivity index (χ2n) is 7.37. The zero-order valence-electron chi connectivity index (χ0n) is 16.3. The fourth-order valence-electron chi connectivity index (χ4n) is 3.53. The van der Waals surface area contributed by atoms with Crippen LogP contribution in [0.2, 0.25) is 0 Å². The van der Waals surface area contributed by atoms with Crippen LogP contribution in [-0.2, 0) is 19.5 Å². The molecule has 2 atom stereocenters. The van der Waals surface area contributed by atoms with Crippen molar-refractivity contribution in [2.45, 2.75) is 38.1 Å². The quantitative estimate of drug-likeness (QED) is 0.583. The van der Waals surface area contributed by atoms with Gasteiger partial charge >= 0.3 is 0 Å². The maximum absolute atomic E-state index is 11.1. The summed E-state index contributed by atoms with van der Waals surface area (Å²) in [5, 5.41) is 11.1. The molecule has 0 aliphatic carbocycles. The molecule has 0 saturated heterocycles. The van der Waals surface area contributed by atoms with Crippen LogP contribution in [0.15, 0.2) is 91.0 Å². The van der Waals surface area contributed by atoms with Crippen molar-refractivity contribution < 1.29 is 5.11 Å². The summed E-state index contributed by atoms with van der Waals surface area (Å²) in [7, 11) is 0. The molecule has 0 aliphatic rings. The van der Waals surface area contributed by atoms with Gasteiger partial charge in [-0.3, -0.25) is 4.90 Å². The van der Waals surface area contributed by atoms with Gasteiger partial charge in [-0.15, -0.1) is 6.42 Å². The average Bonchev–Trinajstić information content (AvgIpc) is 2.74. The van der Waals surface area contributed by atoms with Gasteiger partial charge in [0.1, 0.15) is 5.60 Å². The van der Waals surface area contributed by atoms with Gasteiger partial charge in [-0.2, -0.15) is 0 Å². The Hall–Kier alpha value is -2.86. The van der Waals surface area contributed by atoms with Crippen molar-refractivity contribution in [3.05, 3.63) is 108 Å². The van der Waals surface area contributed by atoms with Crippen LogP contribution < -0.4 is 0 Å². The van der Waals surface area contributed by atoms with Crippen molar-refractivity contribution in [3.63, 3.8) is 0 Å². The van der Waals surface area contributed by atoms with Gasteiger partial charge in [-0.1, -0.05) is 96.9 Å². The van der Waals surface area contributed by atoms with Crippen LogP contribution in [0.25, 0.3) is 0 Å². The molecule has 0 radical (unpaired) electrons. The van der Waals surface area contributed by atoms with E-state index in [4.69, 9.17) is 6.42 Å². The van der Waals surface area contributed by atoms with Crippen molar-refractivity contribution in [1.29, 1.82) is 0 Å². The normalized spacial score (nSPS) is 14.2. The standard InChI is InChI=1S/C26H27NO/c1-3-26(2,28)25(19-22-13-7-4-8-14-22)27(20-23-15-9-5-10-16-23)21-24-17-11-6-12-18-24/h1,4-18,25,28H,19-21H2,2H3/t25-,26+/m0/s1. The number of terminal acetylenes is 1. The fourth-order valence-corrected chi connectivity index (χ4v) is 3.53. The Kier molecular flexibility index (Phi) is 6.66. The predicted octanol–water partition coefficient (Wildman–Crippen LogP) is 4.68. The van der Waals surface area contributed by atoms with Gasteiger partial charge < -0.3 is 5.11 Å². The number of rotatable bonds is 8. The Bertz CT molecular complexity index is 840. The highest BCUT2D eigenvalue weighted by Crippen LogP contribution is 2.24. The van der Waals surface area contributed by atoms with Gasteiger partial charge in [-0.25, -0.2) is 0 Å². The monoisotopic (exact) mass is 369 g/mol. The molecule has 0 heterocycles. The number of aliphatic hydroxyl groups is 1. The molecule has 28 heavy (non-hydrogen) atoms. The average molecular weight is 370 g/mol. The Morgan fingerprint density at radius 3 is 1.57 bits per heavy atom. The van der Waals surface area contributed by atoms with E-state index in [1.54, 1.807) is 6.92 Å². The highest BCUT2D eigenvalue weighted by molar-refractivity contribution is 5.23. The molecule has 0 fully saturated rings. The summed E-state index contributed by atoms with van der Waals surface area (Å²) in [4.78, 5) is 2.29. The van der Waals surface area contributed by atoms with Crippen LogP contribution in [0.5, 0.6) is 0 Å². The molecule has 0 amide bonds. The number of benzene rings is 3. The largest absolute Gasteiger partial charge is 0.376 e. The van der Waals surface area contributed by atoms with Crippen LogP contribution in [0.1, 0.15) is 23.6 Å². The first-order valence-corrected chi connectivity index (χ1v) is 9.64. The Labute approximate surface area is 168 Å². The van der Waals surface area contributed by atoms with Crippen molar-refractivity contribution in [2.24, 2.45) is 0 Å². The first-order valence-electron chi connectivity index (χ1n) is 9.64. The van der Waals surface area contributed by atoms with Crippen LogP contribution in [0, 0.1) is 12.3 Å². The van der Waals surface area contributed by atoms with E-state index < -0.39 is 5.60 Å². The lowest BCUT2D eigenvalue weighted by molar-refractivity contribution is 0.00204. The molecule has 3 aromatic rings. The minimum absolute atomic E-state index is 0.222. The van der Waals surface area contributed by atoms with Crippen molar-refractivity contribution in [1.82, 2.24) is 4.90 Å². The summed E-state index contributed by atoms with van der Waals surface area (Å²) in [5.74, 6) is 2.63. The topological polar surface area (TPSA) is 23.5 Å². The second-order valence-corrected chi connectivity index (χ2v) is 7.37. The highest BCUT2D eigenvalue weighted by atomic mass is 16.3. The van der Waals surface area contributed by atoms with Crippen LogP contribution in [0.3, 0.4) is 0 Å². The lowest BCUT2D eigenvalue weighted by Crippen LogP contribution is -2.51. The molecule has 2 heteroatoms. The number of nitrogens with zero attached hydrogens (tertiary/aromatic N) is 1. The summed E-state index contributed by atoms with van der Waals surface area (Å²) in [6.45, 7) is 3.17. The Morgan fingerprint density at radius 2 is 1.18 bits per heavy atom. The van der Waals surface area contributed by atoms with E-state index in [1.165, 1.54) is 11.1 Å². The molecule has 0 unspecified atom stereocenters. The first-order chi connectivity index (χ1) is 13.6. The van der Waals surface area contributed by atoms with E-state index in [0.717, 1.165) is 5.56 Å². The van der Waals surface area contributed by atoms with Crippen LogP contribution in [0.4, 0.5) is 0 Å². The summed E-state index contributed by atoms with van der Waals surface area (Å²) < 4.78 is 0. The predicted molar refractivity (Wildman–Crippen MR) is 116 cm³/mol. The van der Waals surface area contributed by atoms with Gasteiger partial charge in [0.25, 0.3) is 0 Å². The SMILES string of the molecule is C#C[C@@](C)(O)[C@H](Cc1ccccc1)N(Cc1ccccc1)Cc1ccccc1. The maximum atomic E-state index is 11.1. The minimum Gasteiger partial charge on any atom is -0.376 e. The molecular weight excluding hydrogens is 342 g/mol. The van der Waals surface area contributed by atoms with Crippen LogP contribution >= 0.6 is 0 Å². The zero-order valence-corrected chi connectivity index (χ0v) is 16.3. The highest BCUT2D eigenvalue weighted by Gasteiger charge is 2.35. The molecule has 142 valence electrons. The first kappa shape index (κ1) is 19.9. The molecule has 3 aromatic carbocycles. The van der Waals surface area contributed by atoms with E-state index in [2.05, 4.69) is 47.2 Å². The summed E-state index contributed by atoms with van der Waals surface area (Å²) in [5.41, 5.74) is 2.31. The third-order valence-corrected chi connectivity index (χ3v) is 5.11. The number of hydrogen-bond acceptors (Lipinski definition) is 2. The van der Waals surface area contributed by atoms with Crippen molar-refractivity contribution >= 4 is 0 Å². The maximum Gasteiger partial charge on any atom is 0.138 e. The van der Waals surface area contributed by atoms with E-state index >= 15 is 0 Å². The number of hydrogen-bond donors (Lipinski definition) is 1. The fraction of sp³-hybridized carbons (Fsp3) is 0.231. The van der Waals surface area contributed by atoms with Gasteiger partial charge in [0.2, 0.25) is 0 Å². The second kappa shape index (κ2) is 9.37. The molecule has 0 saturated carbocycles. The molecule has 0 aliphatic heterocycles. The van der Waals surface area contributed by atoms with Crippen LogP contribution in [-0.4, -0.2) is 21.6 Å². The zero-order chi connectivity index (χ0) is 19.8. The molecular formula is C26H27NO. The van der Waals surface area contributed by atoms with E-state index in [1.807, 2.05) is 54.6 Å². The molecule has 0 bridgehead atoms. The van der Waals surface area contributed by atoms with Gasteiger partial charge in [0.15, 0.2) is 0 Å². The van der Waals surface area contributed by atoms with Gasteiger partial charge in [-0.05, 0) is 30.0 Å². The Balaban J connectivity index is 1.95. The van der Waals surface area contributed by atoms with E-state index in [-0.39, 0.29) is 6.04 Å². The van der Waals surface area contributed by atoms with E-state index in [9.17, 15) is 5.11 Å². The van der Waals surface area contributed by atoms with E-state index in [0.29, 0.717) is 19.5 Å². The summed E-state index contributed by atoms with van der Waals surface area (Å²) >= 11 is 0. The lowest BCUT2D eigenvalue weighted by atomic mass is 9.89.